The van der Waals surface area contributed by atoms with Gasteiger partial charge in [-0.15, -0.1) is 0 Å². The zero-order valence-corrected chi connectivity index (χ0v) is 14.3. The Morgan fingerprint density at radius 3 is 1.33 bits per heavy atom. The van der Waals surface area contributed by atoms with Crippen molar-refractivity contribution in [3.8, 4) is 0 Å². The highest BCUT2D eigenvalue weighted by atomic mass is 32.3. The number of rotatable bonds is 6. The van der Waals surface area contributed by atoms with Crippen LogP contribution in [0.4, 0.5) is 0 Å². The summed E-state index contributed by atoms with van der Waals surface area (Å²) in [4.78, 5) is 0. The Morgan fingerprint density at radius 1 is 0.667 bits per heavy atom. The second-order valence-corrected chi connectivity index (χ2v) is 9.04. The Labute approximate surface area is 132 Å². The first-order valence-corrected chi connectivity index (χ1v) is 11.1. The molecule has 0 aromatic rings. The standard InChI is InChI=1S/C8H16N2O7S4/c11-20(12,15-9-1-5-18-6-2-9)17-21(13,14)16-10-3-7-19-8-4-10/h1-8H2. The molecule has 2 heterocycles. The number of hydroxylamine groups is 4. The lowest BCUT2D eigenvalue weighted by atomic mass is 10.6. The fraction of sp³-hybridized carbons (Fsp3) is 1.00. The summed E-state index contributed by atoms with van der Waals surface area (Å²) in [5, 5.41) is 2.30. The van der Waals surface area contributed by atoms with Gasteiger partial charge in [-0.05, 0) is 0 Å². The van der Waals surface area contributed by atoms with E-state index in [2.05, 4.69) is 12.2 Å². The zero-order valence-electron chi connectivity index (χ0n) is 11.0. The first-order chi connectivity index (χ1) is 9.86. The summed E-state index contributed by atoms with van der Waals surface area (Å²) in [5.41, 5.74) is 0. The molecule has 0 N–H and O–H groups in total. The van der Waals surface area contributed by atoms with Crippen LogP contribution in [0.3, 0.4) is 0 Å². The summed E-state index contributed by atoms with van der Waals surface area (Å²) >= 11 is 3.30. The molecule has 0 aromatic heterocycles. The summed E-state index contributed by atoms with van der Waals surface area (Å²) in [5.74, 6) is 2.79. The largest absolute Gasteiger partial charge is 0.432 e. The molecular weight excluding hydrogens is 364 g/mol. The van der Waals surface area contributed by atoms with E-state index in [1.165, 1.54) is 0 Å². The highest BCUT2D eigenvalue weighted by molar-refractivity contribution is 7.99. The van der Waals surface area contributed by atoms with E-state index in [9.17, 15) is 16.8 Å². The Morgan fingerprint density at radius 2 is 1.00 bits per heavy atom. The average molecular weight is 380 g/mol. The Bertz CT molecular complexity index is 477. The molecule has 0 aliphatic carbocycles. The maximum absolute atomic E-state index is 11.6. The molecule has 2 aliphatic rings. The monoisotopic (exact) mass is 380 g/mol. The van der Waals surface area contributed by atoms with Crippen LogP contribution < -0.4 is 0 Å². The summed E-state index contributed by atoms with van der Waals surface area (Å²) in [6.45, 7) is 1.49. The number of hydrogen-bond donors (Lipinski definition) is 0. The minimum atomic E-state index is -4.72. The first-order valence-electron chi connectivity index (χ1n) is 6.12. The van der Waals surface area contributed by atoms with E-state index in [0.29, 0.717) is 49.2 Å². The highest BCUT2D eigenvalue weighted by Gasteiger charge is 2.31. The molecule has 9 nitrogen and oxygen atoms in total. The van der Waals surface area contributed by atoms with E-state index in [4.69, 9.17) is 0 Å². The third kappa shape index (κ3) is 6.58. The molecular formula is C8H16N2O7S4. The summed E-state index contributed by atoms with van der Waals surface area (Å²) < 4.78 is 59.5. The average Bonchev–Trinajstić information content (AvgIpc) is 2.38. The minimum absolute atomic E-state index is 0.373. The van der Waals surface area contributed by atoms with Gasteiger partial charge in [0.05, 0.1) is 0 Å². The van der Waals surface area contributed by atoms with Crippen molar-refractivity contribution in [3.05, 3.63) is 0 Å². The lowest BCUT2D eigenvalue weighted by Gasteiger charge is -2.25. The van der Waals surface area contributed by atoms with E-state index in [-0.39, 0.29) is 0 Å². The number of nitrogens with zero attached hydrogens (tertiary/aromatic N) is 2. The van der Waals surface area contributed by atoms with Crippen molar-refractivity contribution < 1.29 is 29.0 Å². The lowest BCUT2D eigenvalue weighted by Crippen LogP contribution is -2.38. The normalized spacial score (nSPS) is 23.2. The maximum atomic E-state index is 11.6. The van der Waals surface area contributed by atoms with Crippen molar-refractivity contribution in [1.82, 2.24) is 10.1 Å². The van der Waals surface area contributed by atoms with E-state index >= 15 is 0 Å². The number of thioether (sulfide) groups is 2. The van der Waals surface area contributed by atoms with Crippen molar-refractivity contribution in [2.45, 2.75) is 0 Å². The van der Waals surface area contributed by atoms with Crippen molar-refractivity contribution in [2.75, 3.05) is 49.2 Å². The van der Waals surface area contributed by atoms with Crippen LogP contribution in [0.5, 0.6) is 0 Å². The Kier molecular flexibility index (Phi) is 6.58. The van der Waals surface area contributed by atoms with Gasteiger partial charge in [0.1, 0.15) is 0 Å². The molecule has 13 heteroatoms. The molecule has 124 valence electrons. The highest BCUT2D eigenvalue weighted by Crippen LogP contribution is 2.16. The molecule has 0 unspecified atom stereocenters. The fourth-order valence-electron chi connectivity index (χ4n) is 1.63. The molecule has 2 rings (SSSR count). The van der Waals surface area contributed by atoms with Gasteiger partial charge in [0, 0.05) is 49.2 Å². The third-order valence-corrected chi connectivity index (χ3v) is 6.51. The third-order valence-electron chi connectivity index (χ3n) is 2.50. The van der Waals surface area contributed by atoms with Crippen LogP contribution in [-0.2, 0) is 33.0 Å². The van der Waals surface area contributed by atoms with Gasteiger partial charge >= 0.3 is 20.8 Å². The molecule has 2 aliphatic heterocycles. The topological polar surface area (TPSA) is 102 Å². The molecule has 0 spiro atoms. The van der Waals surface area contributed by atoms with Crippen LogP contribution in [0.25, 0.3) is 0 Å². The molecule has 0 atom stereocenters. The minimum Gasteiger partial charge on any atom is -0.168 e. The molecule has 21 heavy (non-hydrogen) atoms. The fourth-order valence-corrected chi connectivity index (χ4v) is 5.20. The predicted molar refractivity (Wildman–Crippen MR) is 78.9 cm³/mol. The second kappa shape index (κ2) is 7.79. The van der Waals surface area contributed by atoms with Crippen molar-refractivity contribution in [3.63, 3.8) is 0 Å². The molecule has 0 saturated carbocycles. The molecule has 2 fully saturated rings. The summed E-state index contributed by atoms with van der Waals surface area (Å²) in [7, 11) is -9.44. The number of hydrogen-bond acceptors (Lipinski definition) is 11. The van der Waals surface area contributed by atoms with E-state index < -0.39 is 20.8 Å². The van der Waals surface area contributed by atoms with E-state index in [1.807, 2.05) is 0 Å². The van der Waals surface area contributed by atoms with Gasteiger partial charge in [-0.3, -0.25) is 0 Å². The summed E-state index contributed by atoms with van der Waals surface area (Å²) in [6.07, 6.45) is 0. The molecule has 2 saturated heterocycles. The Balaban J connectivity index is 1.87. The summed E-state index contributed by atoms with van der Waals surface area (Å²) in [6, 6.07) is 0. The molecule has 0 bridgehead atoms. The van der Waals surface area contributed by atoms with E-state index in [0.717, 1.165) is 10.1 Å². The van der Waals surface area contributed by atoms with Gasteiger partial charge in [-0.1, -0.05) is 3.63 Å². The van der Waals surface area contributed by atoms with E-state index in [1.54, 1.807) is 23.5 Å². The van der Waals surface area contributed by atoms with Crippen LogP contribution in [-0.4, -0.2) is 76.2 Å². The SMILES string of the molecule is O=S(=O)(ON1CCSCC1)OS(=O)(=O)ON1CCSCC1. The van der Waals surface area contributed by atoms with Crippen LogP contribution >= 0.6 is 23.5 Å². The molecule has 0 amide bonds. The van der Waals surface area contributed by atoms with Gasteiger partial charge in [0.25, 0.3) is 0 Å². The maximum Gasteiger partial charge on any atom is 0.432 e. The zero-order chi connectivity index (χ0) is 15.3. The van der Waals surface area contributed by atoms with Crippen molar-refractivity contribution in [2.24, 2.45) is 0 Å². The van der Waals surface area contributed by atoms with Crippen LogP contribution in [0.2, 0.25) is 0 Å². The van der Waals surface area contributed by atoms with Crippen LogP contribution in [0, 0.1) is 0 Å². The van der Waals surface area contributed by atoms with Gasteiger partial charge in [-0.25, -0.2) is 0 Å². The lowest BCUT2D eigenvalue weighted by molar-refractivity contribution is -0.0627. The van der Waals surface area contributed by atoms with Crippen LogP contribution in [0.15, 0.2) is 0 Å². The second-order valence-electron chi connectivity index (χ2n) is 4.12. The van der Waals surface area contributed by atoms with Crippen molar-refractivity contribution in [1.29, 1.82) is 0 Å². The van der Waals surface area contributed by atoms with Gasteiger partial charge in [-0.2, -0.15) is 59.1 Å². The Hall–Kier alpha value is 0.400. The quantitative estimate of drug-likeness (QED) is 0.593. The first kappa shape index (κ1) is 17.7. The van der Waals surface area contributed by atoms with Gasteiger partial charge < -0.3 is 0 Å². The predicted octanol–water partition coefficient (Wildman–Crippen LogP) is -0.547. The van der Waals surface area contributed by atoms with Gasteiger partial charge in [0.2, 0.25) is 0 Å². The smallest absolute Gasteiger partial charge is 0.168 e. The van der Waals surface area contributed by atoms with Crippen LogP contribution in [0.1, 0.15) is 0 Å². The molecule has 0 aromatic carbocycles. The van der Waals surface area contributed by atoms with Crippen molar-refractivity contribution >= 4 is 44.3 Å². The molecule has 0 radical (unpaired) electrons. The van der Waals surface area contributed by atoms with Gasteiger partial charge in [0.15, 0.2) is 0 Å².